The second-order valence-corrected chi connectivity index (χ2v) is 5.22. The van der Waals surface area contributed by atoms with Gasteiger partial charge in [-0.05, 0) is 56.3 Å². The molecule has 0 aliphatic heterocycles. The van der Waals surface area contributed by atoms with Gasteiger partial charge < -0.3 is 5.32 Å². The highest BCUT2D eigenvalue weighted by Gasteiger charge is 2.19. The van der Waals surface area contributed by atoms with Crippen LogP contribution in [-0.2, 0) is 0 Å². The first-order valence-corrected chi connectivity index (χ1v) is 6.19. The zero-order valence-corrected chi connectivity index (χ0v) is 11.5. The van der Waals surface area contributed by atoms with E-state index in [9.17, 15) is 0 Å². The van der Waals surface area contributed by atoms with E-state index in [0.29, 0.717) is 11.8 Å². The highest BCUT2D eigenvalue weighted by Crippen LogP contribution is 2.30. The molecular formula is C15H25N. The lowest BCUT2D eigenvalue weighted by Gasteiger charge is -2.25. The summed E-state index contributed by atoms with van der Waals surface area (Å²) in [6, 6.07) is 4.60. The Morgan fingerprint density at radius 1 is 1.06 bits per heavy atom. The van der Waals surface area contributed by atoms with E-state index in [-0.39, 0.29) is 0 Å². The molecule has 1 nitrogen and oxygen atoms in total. The van der Waals surface area contributed by atoms with Crippen molar-refractivity contribution >= 4 is 0 Å². The molecule has 0 saturated heterocycles. The summed E-state index contributed by atoms with van der Waals surface area (Å²) in [6.07, 6.45) is 0. The zero-order valence-electron chi connectivity index (χ0n) is 11.5. The summed E-state index contributed by atoms with van der Waals surface area (Å²) in [5.74, 6) is 1.29. The van der Waals surface area contributed by atoms with Gasteiger partial charge in [0.2, 0.25) is 0 Å². The maximum absolute atomic E-state index is 3.32. The number of hydrogen-bond acceptors (Lipinski definition) is 1. The van der Waals surface area contributed by atoms with Crippen molar-refractivity contribution in [2.45, 2.75) is 40.5 Å². The fourth-order valence-corrected chi connectivity index (χ4v) is 2.67. The van der Waals surface area contributed by atoms with E-state index in [1.165, 1.54) is 22.3 Å². The van der Waals surface area contributed by atoms with Gasteiger partial charge in [0.15, 0.2) is 0 Å². The van der Waals surface area contributed by atoms with E-state index in [0.717, 1.165) is 6.54 Å². The first-order chi connectivity index (χ1) is 7.47. The molecule has 1 heteroatoms. The van der Waals surface area contributed by atoms with Gasteiger partial charge in [0.1, 0.15) is 0 Å². The van der Waals surface area contributed by atoms with Crippen LogP contribution in [0.1, 0.15) is 42.0 Å². The van der Waals surface area contributed by atoms with Crippen LogP contribution in [0.2, 0.25) is 0 Å². The fourth-order valence-electron chi connectivity index (χ4n) is 2.67. The largest absolute Gasteiger partial charge is 0.319 e. The molecule has 1 unspecified atom stereocenters. The van der Waals surface area contributed by atoms with Gasteiger partial charge in [-0.2, -0.15) is 0 Å². The van der Waals surface area contributed by atoms with Crippen LogP contribution in [0.25, 0.3) is 0 Å². The van der Waals surface area contributed by atoms with Gasteiger partial charge in [-0.15, -0.1) is 0 Å². The van der Waals surface area contributed by atoms with Crippen LogP contribution in [0.15, 0.2) is 12.1 Å². The predicted molar refractivity (Wildman–Crippen MR) is 72.2 cm³/mol. The van der Waals surface area contributed by atoms with Crippen molar-refractivity contribution in [2.75, 3.05) is 13.6 Å². The molecule has 0 amide bonds. The molecule has 1 N–H and O–H groups in total. The molecule has 1 rings (SSSR count). The predicted octanol–water partition coefficient (Wildman–Crippen LogP) is 3.57. The normalized spacial score (nSPS) is 13.2. The van der Waals surface area contributed by atoms with Crippen molar-refractivity contribution in [3.63, 3.8) is 0 Å². The van der Waals surface area contributed by atoms with Crippen molar-refractivity contribution in [2.24, 2.45) is 5.92 Å². The summed E-state index contributed by atoms with van der Waals surface area (Å²) < 4.78 is 0. The van der Waals surface area contributed by atoms with E-state index in [1.807, 2.05) is 7.05 Å². The minimum Gasteiger partial charge on any atom is -0.319 e. The van der Waals surface area contributed by atoms with Crippen molar-refractivity contribution in [3.8, 4) is 0 Å². The van der Waals surface area contributed by atoms with Crippen molar-refractivity contribution < 1.29 is 0 Å². The fraction of sp³-hybridized carbons (Fsp3) is 0.600. The molecular weight excluding hydrogens is 194 g/mol. The van der Waals surface area contributed by atoms with Gasteiger partial charge in [0.25, 0.3) is 0 Å². The lowest BCUT2D eigenvalue weighted by atomic mass is 9.82. The molecule has 0 spiro atoms. The number of rotatable bonds is 4. The van der Waals surface area contributed by atoms with E-state index >= 15 is 0 Å². The van der Waals surface area contributed by atoms with E-state index in [4.69, 9.17) is 0 Å². The first kappa shape index (κ1) is 13.2. The SMILES string of the molecule is CNCC(c1c(C)cc(C)cc1C)C(C)C. The van der Waals surface area contributed by atoms with Crippen molar-refractivity contribution in [1.82, 2.24) is 5.32 Å². The molecule has 1 aromatic carbocycles. The van der Waals surface area contributed by atoms with Gasteiger partial charge in [-0.25, -0.2) is 0 Å². The average Bonchev–Trinajstić information content (AvgIpc) is 2.14. The van der Waals surface area contributed by atoms with E-state index in [2.05, 4.69) is 52.1 Å². The first-order valence-electron chi connectivity index (χ1n) is 6.19. The minimum absolute atomic E-state index is 0.616. The molecule has 0 aliphatic rings. The Hall–Kier alpha value is -0.820. The van der Waals surface area contributed by atoms with Gasteiger partial charge in [0.05, 0.1) is 0 Å². The van der Waals surface area contributed by atoms with Crippen LogP contribution < -0.4 is 5.32 Å². The van der Waals surface area contributed by atoms with E-state index in [1.54, 1.807) is 0 Å². The molecule has 0 bridgehead atoms. The minimum atomic E-state index is 0.616. The summed E-state index contributed by atoms with van der Waals surface area (Å²) in [4.78, 5) is 0. The summed E-state index contributed by atoms with van der Waals surface area (Å²) in [7, 11) is 2.04. The maximum Gasteiger partial charge on any atom is 0.00198 e. The number of benzene rings is 1. The lowest BCUT2D eigenvalue weighted by Crippen LogP contribution is -2.23. The highest BCUT2D eigenvalue weighted by atomic mass is 14.8. The molecule has 0 saturated carbocycles. The Kier molecular flexibility index (Phi) is 4.55. The van der Waals surface area contributed by atoms with E-state index < -0.39 is 0 Å². The Morgan fingerprint density at radius 2 is 1.56 bits per heavy atom. The standard InChI is InChI=1S/C15H25N/c1-10(2)14(9-16-6)15-12(4)7-11(3)8-13(15)5/h7-8,10,14,16H,9H2,1-6H3. The second-order valence-electron chi connectivity index (χ2n) is 5.22. The number of likely N-dealkylation sites (N-methyl/N-ethyl adjacent to an activating group) is 1. The van der Waals surface area contributed by atoms with Crippen LogP contribution in [0.3, 0.4) is 0 Å². The number of nitrogens with one attached hydrogen (secondary N) is 1. The number of hydrogen-bond donors (Lipinski definition) is 1. The van der Waals surface area contributed by atoms with Crippen molar-refractivity contribution in [1.29, 1.82) is 0 Å². The van der Waals surface area contributed by atoms with Gasteiger partial charge >= 0.3 is 0 Å². The van der Waals surface area contributed by atoms with Crippen LogP contribution in [0.5, 0.6) is 0 Å². The van der Waals surface area contributed by atoms with Crippen LogP contribution in [0, 0.1) is 26.7 Å². The third kappa shape index (κ3) is 2.85. The molecule has 0 fully saturated rings. The molecule has 0 heterocycles. The maximum atomic E-state index is 3.32. The van der Waals surface area contributed by atoms with Gasteiger partial charge in [-0.1, -0.05) is 31.5 Å². The van der Waals surface area contributed by atoms with Crippen LogP contribution >= 0.6 is 0 Å². The Balaban J connectivity index is 3.18. The monoisotopic (exact) mass is 219 g/mol. The topological polar surface area (TPSA) is 12.0 Å². The lowest BCUT2D eigenvalue weighted by molar-refractivity contribution is 0.475. The Labute approximate surface area is 100 Å². The van der Waals surface area contributed by atoms with Gasteiger partial charge in [0, 0.05) is 6.54 Å². The molecule has 0 aromatic heterocycles. The zero-order chi connectivity index (χ0) is 12.3. The van der Waals surface area contributed by atoms with Crippen molar-refractivity contribution in [3.05, 3.63) is 34.4 Å². The third-order valence-corrected chi connectivity index (χ3v) is 3.34. The Morgan fingerprint density at radius 3 is 1.94 bits per heavy atom. The summed E-state index contributed by atoms with van der Waals surface area (Å²) >= 11 is 0. The molecule has 1 atom stereocenters. The van der Waals surface area contributed by atoms with Crippen LogP contribution in [-0.4, -0.2) is 13.6 Å². The second kappa shape index (κ2) is 5.49. The number of aryl methyl sites for hydroxylation is 3. The summed E-state index contributed by atoms with van der Waals surface area (Å²) in [5, 5.41) is 3.32. The summed E-state index contributed by atoms with van der Waals surface area (Å²) in [5.41, 5.74) is 5.78. The highest BCUT2D eigenvalue weighted by molar-refractivity contribution is 5.40. The molecule has 0 aliphatic carbocycles. The third-order valence-electron chi connectivity index (χ3n) is 3.34. The molecule has 0 radical (unpaired) electrons. The molecule has 16 heavy (non-hydrogen) atoms. The quantitative estimate of drug-likeness (QED) is 0.816. The van der Waals surface area contributed by atoms with Gasteiger partial charge in [-0.3, -0.25) is 0 Å². The Bertz CT molecular complexity index is 329. The van der Waals surface area contributed by atoms with Crippen LogP contribution in [0.4, 0.5) is 0 Å². The molecule has 90 valence electrons. The summed E-state index contributed by atoms with van der Waals surface area (Å²) in [6.45, 7) is 12.3. The molecule has 1 aromatic rings. The average molecular weight is 219 g/mol. The smallest absolute Gasteiger partial charge is 0.00198 e.